The van der Waals surface area contributed by atoms with Crippen LogP contribution in [0.5, 0.6) is 0 Å². The smallest absolute Gasteiger partial charge is 0.261 e. The number of amides is 1. The average molecular weight is 316 g/mol. The van der Waals surface area contributed by atoms with Crippen LogP contribution in [0.3, 0.4) is 0 Å². The summed E-state index contributed by atoms with van der Waals surface area (Å²) in [6.07, 6.45) is 3.88. The van der Waals surface area contributed by atoms with Crippen molar-refractivity contribution in [2.45, 2.75) is 33.1 Å². The van der Waals surface area contributed by atoms with Gasteiger partial charge in [-0.3, -0.25) is 4.79 Å². The fourth-order valence-electron chi connectivity index (χ4n) is 2.41. The second kappa shape index (κ2) is 5.53. The highest BCUT2D eigenvalue weighted by Gasteiger charge is 2.23. The molecule has 2 nitrogen and oxygen atoms in total. The van der Waals surface area contributed by atoms with Gasteiger partial charge in [-0.15, -0.1) is 11.3 Å². The van der Waals surface area contributed by atoms with Gasteiger partial charge in [-0.2, -0.15) is 0 Å². The van der Waals surface area contributed by atoms with Crippen molar-refractivity contribution >= 4 is 33.2 Å². The molecule has 1 aliphatic carbocycles. The summed E-state index contributed by atoms with van der Waals surface area (Å²) in [5, 5.41) is 3.06. The SMILES string of the molecule is Cc1cc(C(=O)NCC2CCCC2C)sc1Br. The first-order chi connectivity index (χ1) is 8.08. The number of halogens is 1. The lowest BCUT2D eigenvalue weighted by atomic mass is 9.98. The molecule has 0 aliphatic heterocycles. The monoisotopic (exact) mass is 315 g/mol. The highest BCUT2D eigenvalue weighted by Crippen LogP contribution is 2.31. The van der Waals surface area contributed by atoms with Crippen LogP contribution in [-0.4, -0.2) is 12.5 Å². The lowest BCUT2D eigenvalue weighted by molar-refractivity contribution is 0.0948. The lowest BCUT2D eigenvalue weighted by Gasteiger charge is -2.15. The van der Waals surface area contributed by atoms with Gasteiger partial charge < -0.3 is 5.32 Å². The molecule has 2 atom stereocenters. The Bertz CT molecular complexity index is 396. The molecular weight excluding hydrogens is 298 g/mol. The third-order valence-corrected chi connectivity index (χ3v) is 5.78. The molecule has 0 spiro atoms. The van der Waals surface area contributed by atoms with Gasteiger partial charge in [0.05, 0.1) is 8.66 Å². The number of nitrogens with one attached hydrogen (secondary N) is 1. The Morgan fingerprint density at radius 1 is 1.59 bits per heavy atom. The summed E-state index contributed by atoms with van der Waals surface area (Å²) < 4.78 is 1.05. The summed E-state index contributed by atoms with van der Waals surface area (Å²) in [7, 11) is 0. The molecule has 1 amide bonds. The summed E-state index contributed by atoms with van der Waals surface area (Å²) in [4.78, 5) is 12.8. The maximum absolute atomic E-state index is 12.0. The van der Waals surface area contributed by atoms with Gasteiger partial charge >= 0.3 is 0 Å². The number of carbonyl (C=O) groups is 1. The van der Waals surface area contributed by atoms with Gasteiger partial charge in [0.2, 0.25) is 0 Å². The molecule has 94 valence electrons. The van der Waals surface area contributed by atoms with Crippen molar-refractivity contribution in [2.24, 2.45) is 11.8 Å². The van der Waals surface area contributed by atoms with E-state index in [9.17, 15) is 4.79 Å². The molecule has 0 bridgehead atoms. The molecule has 2 rings (SSSR count). The van der Waals surface area contributed by atoms with Crippen LogP contribution >= 0.6 is 27.3 Å². The Hall–Kier alpha value is -0.350. The fourth-order valence-corrected chi connectivity index (χ4v) is 3.86. The summed E-state index contributed by atoms with van der Waals surface area (Å²) in [5.74, 6) is 1.50. The van der Waals surface area contributed by atoms with Crippen molar-refractivity contribution in [3.05, 3.63) is 20.3 Å². The van der Waals surface area contributed by atoms with E-state index in [1.807, 2.05) is 13.0 Å². The molecule has 17 heavy (non-hydrogen) atoms. The summed E-state index contributed by atoms with van der Waals surface area (Å²) in [5.41, 5.74) is 1.13. The zero-order valence-corrected chi connectivity index (χ0v) is 12.7. The second-order valence-corrected chi connectivity index (χ2v) is 7.32. The normalized spacial score (nSPS) is 23.9. The Morgan fingerprint density at radius 3 is 2.88 bits per heavy atom. The molecule has 1 aliphatic rings. The van der Waals surface area contributed by atoms with Crippen molar-refractivity contribution in [1.29, 1.82) is 0 Å². The summed E-state index contributed by atoms with van der Waals surface area (Å²) >= 11 is 4.96. The molecule has 1 N–H and O–H groups in total. The van der Waals surface area contributed by atoms with Crippen LogP contribution < -0.4 is 5.32 Å². The van der Waals surface area contributed by atoms with Crippen LogP contribution in [0, 0.1) is 18.8 Å². The van der Waals surface area contributed by atoms with Gasteiger partial charge in [-0.05, 0) is 52.7 Å². The van der Waals surface area contributed by atoms with Crippen molar-refractivity contribution in [3.8, 4) is 0 Å². The second-order valence-electron chi connectivity index (χ2n) is 4.95. The van der Waals surface area contributed by atoms with E-state index in [0.29, 0.717) is 5.92 Å². The lowest BCUT2D eigenvalue weighted by Crippen LogP contribution is -2.29. The molecule has 1 heterocycles. The van der Waals surface area contributed by atoms with Crippen molar-refractivity contribution in [3.63, 3.8) is 0 Å². The van der Waals surface area contributed by atoms with E-state index in [1.54, 1.807) is 0 Å². The molecule has 1 fully saturated rings. The average Bonchev–Trinajstić information content (AvgIpc) is 2.83. The van der Waals surface area contributed by atoms with Crippen LogP contribution in [0.2, 0.25) is 0 Å². The zero-order valence-electron chi connectivity index (χ0n) is 10.3. The first-order valence-corrected chi connectivity index (χ1v) is 7.73. The first-order valence-electron chi connectivity index (χ1n) is 6.12. The Balaban J connectivity index is 1.89. The van der Waals surface area contributed by atoms with E-state index >= 15 is 0 Å². The number of hydrogen-bond acceptors (Lipinski definition) is 2. The quantitative estimate of drug-likeness (QED) is 0.898. The highest BCUT2D eigenvalue weighted by molar-refractivity contribution is 9.11. The first kappa shape index (κ1) is 13.1. The standard InChI is InChI=1S/C13H18BrNOS/c1-8-4-3-5-10(8)7-15-13(16)11-6-9(2)12(14)17-11/h6,8,10H,3-5,7H2,1-2H3,(H,15,16). The van der Waals surface area contributed by atoms with Gasteiger partial charge in [-0.1, -0.05) is 19.8 Å². The molecule has 4 heteroatoms. The topological polar surface area (TPSA) is 29.1 Å². The zero-order chi connectivity index (χ0) is 12.4. The molecule has 0 saturated heterocycles. The minimum absolute atomic E-state index is 0.0721. The number of thiophene rings is 1. The minimum Gasteiger partial charge on any atom is -0.351 e. The van der Waals surface area contributed by atoms with E-state index in [1.165, 1.54) is 30.6 Å². The van der Waals surface area contributed by atoms with Gasteiger partial charge in [-0.25, -0.2) is 0 Å². The van der Waals surface area contributed by atoms with Crippen LogP contribution in [0.25, 0.3) is 0 Å². The molecule has 2 unspecified atom stereocenters. The maximum Gasteiger partial charge on any atom is 0.261 e. The minimum atomic E-state index is 0.0721. The van der Waals surface area contributed by atoms with Crippen molar-refractivity contribution in [2.75, 3.05) is 6.54 Å². The molecule has 0 aromatic carbocycles. The van der Waals surface area contributed by atoms with Crippen molar-refractivity contribution < 1.29 is 4.79 Å². The number of carbonyl (C=O) groups excluding carboxylic acids is 1. The predicted molar refractivity (Wildman–Crippen MR) is 75.6 cm³/mol. The summed E-state index contributed by atoms with van der Waals surface area (Å²) in [6, 6.07) is 1.95. The number of rotatable bonds is 3. The van der Waals surface area contributed by atoms with Crippen LogP contribution in [0.15, 0.2) is 9.85 Å². The number of hydrogen-bond donors (Lipinski definition) is 1. The van der Waals surface area contributed by atoms with Gasteiger partial charge in [0.15, 0.2) is 0 Å². The van der Waals surface area contributed by atoms with E-state index < -0.39 is 0 Å². The van der Waals surface area contributed by atoms with Gasteiger partial charge in [0.25, 0.3) is 5.91 Å². The summed E-state index contributed by atoms with van der Waals surface area (Å²) in [6.45, 7) is 5.13. The molecule has 0 radical (unpaired) electrons. The third-order valence-electron chi connectivity index (χ3n) is 3.64. The van der Waals surface area contributed by atoms with Gasteiger partial charge in [0, 0.05) is 6.54 Å². The highest BCUT2D eigenvalue weighted by atomic mass is 79.9. The van der Waals surface area contributed by atoms with E-state index in [-0.39, 0.29) is 5.91 Å². The largest absolute Gasteiger partial charge is 0.351 e. The Kier molecular flexibility index (Phi) is 4.26. The molecule has 1 saturated carbocycles. The Labute approximate surface area is 115 Å². The van der Waals surface area contributed by atoms with Crippen LogP contribution in [0.1, 0.15) is 41.4 Å². The van der Waals surface area contributed by atoms with E-state index in [2.05, 4.69) is 28.2 Å². The third kappa shape index (κ3) is 3.10. The van der Waals surface area contributed by atoms with Gasteiger partial charge in [0.1, 0.15) is 0 Å². The molecule has 1 aromatic rings. The van der Waals surface area contributed by atoms with Crippen LogP contribution in [0.4, 0.5) is 0 Å². The molecular formula is C13H18BrNOS. The predicted octanol–water partition coefficient (Wildman–Crippen LogP) is 3.99. The van der Waals surface area contributed by atoms with Crippen LogP contribution in [-0.2, 0) is 0 Å². The Morgan fingerprint density at radius 2 is 2.35 bits per heavy atom. The molecule has 1 aromatic heterocycles. The van der Waals surface area contributed by atoms with E-state index in [4.69, 9.17) is 0 Å². The van der Waals surface area contributed by atoms with Crippen molar-refractivity contribution in [1.82, 2.24) is 5.32 Å². The fraction of sp³-hybridized carbons (Fsp3) is 0.615. The number of aryl methyl sites for hydroxylation is 1. The van der Waals surface area contributed by atoms with E-state index in [0.717, 1.165) is 26.7 Å². The maximum atomic E-state index is 12.0.